The maximum absolute atomic E-state index is 9.48. The molecule has 0 unspecified atom stereocenters. The van der Waals surface area contributed by atoms with Crippen molar-refractivity contribution in [3.8, 4) is 29.1 Å². The van der Waals surface area contributed by atoms with Gasteiger partial charge < -0.3 is 15.8 Å². The summed E-state index contributed by atoms with van der Waals surface area (Å²) in [6.45, 7) is 5.83. The fourth-order valence-corrected chi connectivity index (χ4v) is 2.90. The Kier molecular flexibility index (Phi) is 3.48. The van der Waals surface area contributed by atoms with Gasteiger partial charge in [0, 0.05) is 5.56 Å². The number of anilines is 1. The van der Waals surface area contributed by atoms with Crippen LogP contribution in [0.5, 0.6) is 5.75 Å². The third-order valence-electron chi connectivity index (χ3n) is 4.10. The molecular formula is C19H14N4O. The third-order valence-corrected chi connectivity index (χ3v) is 4.10. The smallest absolute Gasteiger partial charge is 0.119 e. The molecule has 3 rings (SSSR count). The van der Waals surface area contributed by atoms with Gasteiger partial charge in [-0.3, -0.25) is 0 Å². The van der Waals surface area contributed by atoms with Crippen molar-refractivity contribution in [1.29, 1.82) is 10.5 Å². The maximum Gasteiger partial charge on any atom is 0.119 e. The first-order chi connectivity index (χ1) is 11.5. The van der Waals surface area contributed by atoms with E-state index >= 15 is 0 Å². The molecule has 0 saturated heterocycles. The molecule has 0 aromatic heterocycles. The molecule has 116 valence electrons. The molecule has 0 saturated carbocycles. The minimum atomic E-state index is 0.177. The van der Waals surface area contributed by atoms with Crippen LogP contribution in [0.2, 0.25) is 0 Å². The molecule has 1 aromatic rings. The number of fused-ring (bicyclic) bond motifs is 1. The Morgan fingerprint density at radius 2 is 1.79 bits per heavy atom. The number of nitrogens with two attached hydrogens (primary N) is 1. The Morgan fingerprint density at radius 3 is 2.38 bits per heavy atom. The highest BCUT2D eigenvalue weighted by Crippen LogP contribution is 2.28. The van der Waals surface area contributed by atoms with Gasteiger partial charge in [-0.15, -0.1) is 0 Å². The molecule has 1 aromatic carbocycles. The van der Waals surface area contributed by atoms with Gasteiger partial charge in [-0.1, -0.05) is 18.7 Å². The van der Waals surface area contributed by atoms with Crippen LogP contribution in [0.3, 0.4) is 0 Å². The normalized spacial score (nSPS) is 11.4. The number of hydrogen-bond acceptors (Lipinski definition) is 4. The number of aromatic amines is 1. The summed E-state index contributed by atoms with van der Waals surface area (Å²) in [6.07, 6.45) is 1.88. The quantitative estimate of drug-likeness (QED) is 0.635. The SMILES string of the molecule is C=c1c(C#N)c2[nH]c(N)c(C#N)c(C)c-2/c1=C/c1ccc(O)cc1. The highest BCUT2D eigenvalue weighted by atomic mass is 16.3. The first kappa shape index (κ1) is 15.2. The average molecular weight is 314 g/mol. The number of aromatic hydroxyl groups is 1. The summed E-state index contributed by atoms with van der Waals surface area (Å²) in [6, 6.07) is 10.9. The van der Waals surface area contributed by atoms with Gasteiger partial charge in [-0.25, -0.2) is 0 Å². The zero-order valence-corrected chi connectivity index (χ0v) is 13.0. The summed E-state index contributed by atoms with van der Waals surface area (Å²) in [7, 11) is 0. The molecule has 0 radical (unpaired) electrons. The second-order valence-corrected chi connectivity index (χ2v) is 5.52. The highest BCUT2D eigenvalue weighted by Gasteiger charge is 2.21. The monoisotopic (exact) mass is 314 g/mol. The van der Waals surface area contributed by atoms with E-state index in [4.69, 9.17) is 5.73 Å². The summed E-state index contributed by atoms with van der Waals surface area (Å²) in [4.78, 5) is 2.96. The van der Waals surface area contributed by atoms with Gasteiger partial charge in [0.1, 0.15) is 23.7 Å². The predicted molar refractivity (Wildman–Crippen MR) is 92.4 cm³/mol. The number of phenolic OH excluding ortho intramolecular Hbond substituents is 1. The van der Waals surface area contributed by atoms with Gasteiger partial charge >= 0.3 is 0 Å². The Balaban J connectivity index is 2.47. The van der Waals surface area contributed by atoms with E-state index < -0.39 is 0 Å². The average Bonchev–Trinajstić information content (AvgIpc) is 2.81. The third kappa shape index (κ3) is 2.16. The summed E-state index contributed by atoms with van der Waals surface area (Å²) in [5.74, 6) is 0.413. The minimum absolute atomic E-state index is 0.177. The van der Waals surface area contributed by atoms with Crippen LogP contribution in [0.1, 0.15) is 22.3 Å². The summed E-state index contributed by atoms with van der Waals surface area (Å²) in [5, 5.41) is 29.6. The van der Waals surface area contributed by atoms with Crippen LogP contribution in [0.4, 0.5) is 5.82 Å². The Hall–Kier alpha value is -3.70. The fraction of sp³-hybridized carbons (Fsp3) is 0.0526. The molecule has 0 amide bonds. The molecule has 0 spiro atoms. The van der Waals surface area contributed by atoms with Crippen LogP contribution in [0, 0.1) is 29.6 Å². The van der Waals surface area contributed by atoms with Crippen LogP contribution in [0.25, 0.3) is 23.9 Å². The molecule has 4 N–H and O–H groups in total. The number of nitriles is 2. The molecule has 0 atom stereocenters. The summed E-state index contributed by atoms with van der Waals surface area (Å²) >= 11 is 0. The molecule has 1 aliphatic carbocycles. The van der Waals surface area contributed by atoms with Gasteiger partial charge in [0.2, 0.25) is 0 Å². The van der Waals surface area contributed by atoms with Crippen LogP contribution < -0.4 is 16.2 Å². The van der Waals surface area contributed by atoms with Crippen molar-refractivity contribution in [2.45, 2.75) is 6.92 Å². The lowest BCUT2D eigenvalue weighted by molar-refractivity contribution is 0.475. The van der Waals surface area contributed by atoms with E-state index in [1.165, 1.54) is 0 Å². The number of nitrogens with one attached hydrogen (secondary N) is 1. The lowest BCUT2D eigenvalue weighted by Gasteiger charge is -2.10. The molecule has 1 heterocycles. The molecule has 5 heteroatoms. The fourth-order valence-electron chi connectivity index (χ4n) is 2.90. The van der Waals surface area contributed by atoms with E-state index in [9.17, 15) is 15.6 Å². The van der Waals surface area contributed by atoms with Crippen molar-refractivity contribution < 1.29 is 5.11 Å². The van der Waals surface area contributed by atoms with Crippen molar-refractivity contribution in [3.63, 3.8) is 0 Å². The van der Waals surface area contributed by atoms with Gasteiger partial charge in [-0.05, 0) is 46.7 Å². The van der Waals surface area contributed by atoms with E-state index in [-0.39, 0.29) is 11.6 Å². The van der Waals surface area contributed by atoms with Crippen LogP contribution in [-0.4, -0.2) is 10.1 Å². The molecule has 2 aliphatic rings. The molecular weight excluding hydrogens is 300 g/mol. The van der Waals surface area contributed by atoms with Crippen molar-refractivity contribution in [2.75, 3.05) is 5.73 Å². The maximum atomic E-state index is 9.48. The number of pyridine rings is 1. The van der Waals surface area contributed by atoms with Crippen LogP contribution in [-0.2, 0) is 0 Å². The highest BCUT2D eigenvalue weighted by molar-refractivity contribution is 5.81. The summed E-state index contributed by atoms with van der Waals surface area (Å²) in [5.41, 5.74) is 9.58. The van der Waals surface area contributed by atoms with E-state index in [1.807, 2.05) is 6.08 Å². The Morgan fingerprint density at radius 1 is 1.17 bits per heavy atom. The van der Waals surface area contributed by atoms with E-state index in [0.29, 0.717) is 27.6 Å². The van der Waals surface area contributed by atoms with Gasteiger partial charge in [0.25, 0.3) is 0 Å². The van der Waals surface area contributed by atoms with Gasteiger partial charge in [0.15, 0.2) is 0 Å². The molecule has 0 fully saturated rings. The zero-order chi connectivity index (χ0) is 17.4. The number of phenols is 1. The number of hydrogen-bond donors (Lipinski definition) is 3. The van der Waals surface area contributed by atoms with Crippen molar-refractivity contribution in [1.82, 2.24) is 4.98 Å². The van der Waals surface area contributed by atoms with E-state index in [0.717, 1.165) is 16.3 Å². The number of H-pyrrole nitrogens is 1. The van der Waals surface area contributed by atoms with Gasteiger partial charge in [-0.2, -0.15) is 10.5 Å². The largest absolute Gasteiger partial charge is 0.508 e. The predicted octanol–water partition coefficient (Wildman–Crippen LogP) is 1.70. The number of aromatic nitrogens is 1. The number of rotatable bonds is 1. The molecule has 5 nitrogen and oxygen atoms in total. The first-order valence-electron chi connectivity index (χ1n) is 7.21. The van der Waals surface area contributed by atoms with Crippen molar-refractivity contribution >= 4 is 18.5 Å². The van der Waals surface area contributed by atoms with Gasteiger partial charge in [0.05, 0.1) is 16.8 Å². The second kappa shape index (κ2) is 5.49. The Labute approximate surface area is 138 Å². The van der Waals surface area contributed by atoms with Crippen molar-refractivity contribution in [2.24, 2.45) is 0 Å². The Bertz CT molecular complexity index is 1110. The van der Waals surface area contributed by atoms with E-state index in [2.05, 4.69) is 23.7 Å². The lowest BCUT2D eigenvalue weighted by atomic mass is 10.0. The first-order valence-corrected chi connectivity index (χ1v) is 7.21. The zero-order valence-electron chi connectivity index (χ0n) is 13.0. The van der Waals surface area contributed by atoms with Crippen LogP contribution in [0.15, 0.2) is 24.3 Å². The topological polar surface area (TPSA) is 110 Å². The standard InChI is InChI=1S/C19H14N4O/c1-10-14(7-12-3-5-13(24)6-4-12)17-11(2)16(9-21)19(22)23-18(17)15(10)8-20/h3-7,23-24H,1,22H2,2H3/b14-7+. The number of nitrogen functional groups attached to an aromatic ring is 1. The molecule has 0 bridgehead atoms. The molecule has 24 heavy (non-hydrogen) atoms. The molecule has 1 aliphatic heterocycles. The second-order valence-electron chi connectivity index (χ2n) is 5.52. The van der Waals surface area contributed by atoms with Crippen LogP contribution >= 0.6 is 0 Å². The summed E-state index contributed by atoms with van der Waals surface area (Å²) < 4.78 is 0. The number of nitrogens with zero attached hydrogens (tertiary/aromatic N) is 2. The lowest BCUT2D eigenvalue weighted by Crippen LogP contribution is -2.21. The van der Waals surface area contributed by atoms with Crippen molar-refractivity contribution in [3.05, 3.63) is 57.0 Å². The minimum Gasteiger partial charge on any atom is -0.508 e. The van der Waals surface area contributed by atoms with E-state index in [1.54, 1.807) is 31.2 Å². The number of benzene rings is 1.